The van der Waals surface area contributed by atoms with E-state index in [0.29, 0.717) is 19.0 Å². The molecule has 9 heteroatoms. The van der Waals surface area contributed by atoms with Crippen LogP contribution in [0.25, 0.3) is 0 Å². The quantitative estimate of drug-likeness (QED) is 0.251. The van der Waals surface area contributed by atoms with Gasteiger partial charge in [0.05, 0.1) is 20.3 Å². The smallest absolute Gasteiger partial charge is 0.192 e. The Balaban J connectivity index is 0.00000392. The number of aliphatic imine (C=N–C) groups is 1. The summed E-state index contributed by atoms with van der Waals surface area (Å²) in [4.78, 5) is 4.62. The van der Waals surface area contributed by atoms with Gasteiger partial charge in [0.1, 0.15) is 23.9 Å². The van der Waals surface area contributed by atoms with Crippen molar-refractivity contribution in [3.05, 3.63) is 48.1 Å². The van der Waals surface area contributed by atoms with Crippen LogP contribution in [-0.4, -0.2) is 41.5 Å². The number of aromatic nitrogens is 3. The van der Waals surface area contributed by atoms with E-state index < -0.39 is 0 Å². The largest absolute Gasteiger partial charge is 0.497 e. The molecule has 154 valence electrons. The Morgan fingerprint density at radius 1 is 1.32 bits per heavy atom. The Hall–Kier alpha value is -2.30. The number of hydrogen-bond acceptors (Lipinski definition) is 5. The number of nitrogens with one attached hydrogen (secondary N) is 2. The van der Waals surface area contributed by atoms with Crippen LogP contribution in [0.2, 0.25) is 0 Å². The molecule has 2 rings (SSSR count). The predicted molar refractivity (Wildman–Crippen MR) is 122 cm³/mol. The number of guanidine groups is 1. The van der Waals surface area contributed by atoms with Gasteiger partial charge in [-0.2, -0.15) is 0 Å². The highest BCUT2D eigenvalue weighted by Crippen LogP contribution is 2.29. The van der Waals surface area contributed by atoms with Gasteiger partial charge in [-0.25, -0.2) is 4.99 Å². The summed E-state index contributed by atoms with van der Waals surface area (Å²) in [6.45, 7) is 8.69. The number of hydrogen-bond donors (Lipinski definition) is 2. The van der Waals surface area contributed by atoms with Crippen LogP contribution in [0.5, 0.6) is 11.5 Å². The number of methoxy groups -OCH3 is 2. The molecule has 1 aromatic heterocycles. The van der Waals surface area contributed by atoms with E-state index in [-0.39, 0.29) is 30.0 Å². The molecule has 2 N–H and O–H groups in total. The van der Waals surface area contributed by atoms with Crippen molar-refractivity contribution in [1.29, 1.82) is 0 Å². The van der Waals surface area contributed by atoms with Gasteiger partial charge in [-0.15, -0.1) is 40.8 Å². The number of benzene rings is 1. The van der Waals surface area contributed by atoms with Gasteiger partial charge in [-0.3, -0.25) is 0 Å². The van der Waals surface area contributed by atoms with Crippen LogP contribution in [0.3, 0.4) is 0 Å². The molecule has 0 aliphatic heterocycles. The first-order valence-electron chi connectivity index (χ1n) is 8.72. The van der Waals surface area contributed by atoms with Gasteiger partial charge in [0.2, 0.25) is 0 Å². The lowest BCUT2D eigenvalue weighted by atomic mass is 10.1. The molecule has 0 saturated heterocycles. The van der Waals surface area contributed by atoms with Gasteiger partial charge in [-0.05, 0) is 32.0 Å². The molecule has 8 nitrogen and oxygen atoms in total. The van der Waals surface area contributed by atoms with Crippen LogP contribution in [0.15, 0.2) is 35.8 Å². The second kappa shape index (κ2) is 11.5. The first-order valence-corrected chi connectivity index (χ1v) is 8.72. The highest BCUT2D eigenvalue weighted by Gasteiger charge is 2.15. The lowest BCUT2D eigenvalue weighted by Gasteiger charge is -2.20. The average molecular weight is 500 g/mol. The monoisotopic (exact) mass is 500 g/mol. The molecular weight excluding hydrogens is 471 g/mol. The Morgan fingerprint density at radius 3 is 2.64 bits per heavy atom. The Morgan fingerprint density at radius 2 is 2.07 bits per heavy atom. The van der Waals surface area contributed by atoms with E-state index in [0.717, 1.165) is 28.7 Å². The number of aryl methyl sites for hydroxylation is 1. The minimum atomic E-state index is -0.0626. The summed E-state index contributed by atoms with van der Waals surface area (Å²) in [6, 6.07) is 5.65. The zero-order valence-corrected chi connectivity index (χ0v) is 19.4. The van der Waals surface area contributed by atoms with E-state index in [1.165, 1.54) is 0 Å². The molecule has 0 aliphatic carbocycles. The fraction of sp³-hybridized carbons (Fsp3) is 0.421. The topological polar surface area (TPSA) is 85.6 Å². The summed E-state index contributed by atoms with van der Waals surface area (Å²) >= 11 is 0. The van der Waals surface area contributed by atoms with Gasteiger partial charge in [-0.1, -0.05) is 6.08 Å². The summed E-state index contributed by atoms with van der Waals surface area (Å²) in [6.07, 6.45) is 1.78. The second-order valence-corrected chi connectivity index (χ2v) is 6.03. The van der Waals surface area contributed by atoms with Crippen LogP contribution < -0.4 is 20.1 Å². The third-order valence-electron chi connectivity index (χ3n) is 4.23. The first-order chi connectivity index (χ1) is 13.0. The molecule has 0 spiro atoms. The molecule has 1 heterocycles. The summed E-state index contributed by atoms with van der Waals surface area (Å²) in [5.41, 5.74) is 0.972. The minimum Gasteiger partial charge on any atom is -0.497 e. The molecule has 0 radical (unpaired) electrons. The molecular formula is C19H29IN6O2. The maximum absolute atomic E-state index is 5.48. The van der Waals surface area contributed by atoms with Crippen molar-refractivity contribution in [2.75, 3.05) is 20.8 Å². The van der Waals surface area contributed by atoms with Gasteiger partial charge < -0.3 is 24.7 Å². The summed E-state index contributed by atoms with van der Waals surface area (Å²) in [5.74, 6) is 3.84. The van der Waals surface area contributed by atoms with E-state index >= 15 is 0 Å². The molecule has 0 saturated carbocycles. The van der Waals surface area contributed by atoms with Crippen molar-refractivity contribution in [3.63, 3.8) is 0 Å². The van der Waals surface area contributed by atoms with Crippen molar-refractivity contribution < 1.29 is 9.47 Å². The number of ether oxygens (including phenoxy) is 2. The van der Waals surface area contributed by atoms with E-state index in [1.54, 1.807) is 20.3 Å². The fourth-order valence-corrected chi connectivity index (χ4v) is 2.52. The Kier molecular flexibility index (Phi) is 9.77. The highest BCUT2D eigenvalue weighted by molar-refractivity contribution is 14.0. The molecule has 1 unspecified atom stereocenters. The molecule has 2 aromatic rings. The standard InChI is InChI=1S/C19H28N6O2.HI/c1-7-10-20-19(21-12-18-24-23-14(3)25(18)4)22-13(2)16-11-15(26-5)8-9-17(16)27-6;/h7-9,11,13H,1,10,12H2,2-6H3,(H2,20,21,22);1H. The normalized spacial score (nSPS) is 12.0. The summed E-state index contributed by atoms with van der Waals surface area (Å²) in [5, 5.41) is 14.8. The maximum Gasteiger partial charge on any atom is 0.192 e. The lowest BCUT2D eigenvalue weighted by Crippen LogP contribution is -2.39. The zero-order valence-electron chi connectivity index (χ0n) is 17.0. The summed E-state index contributed by atoms with van der Waals surface area (Å²) < 4.78 is 12.7. The van der Waals surface area contributed by atoms with E-state index in [2.05, 4.69) is 32.4 Å². The van der Waals surface area contributed by atoms with Gasteiger partial charge in [0.25, 0.3) is 0 Å². The van der Waals surface area contributed by atoms with E-state index in [1.807, 2.05) is 43.7 Å². The second-order valence-electron chi connectivity index (χ2n) is 6.03. The molecule has 1 atom stereocenters. The van der Waals surface area contributed by atoms with Crippen LogP contribution in [0.1, 0.15) is 30.2 Å². The third-order valence-corrected chi connectivity index (χ3v) is 4.23. The van der Waals surface area contributed by atoms with Crippen molar-refractivity contribution in [2.45, 2.75) is 26.4 Å². The van der Waals surface area contributed by atoms with Crippen LogP contribution in [0, 0.1) is 6.92 Å². The fourth-order valence-electron chi connectivity index (χ4n) is 2.52. The van der Waals surface area contributed by atoms with Crippen molar-refractivity contribution >= 4 is 29.9 Å². The maximum atomic E-state index is 5.48. The number of halogens is 1. The Bertz CT molecular complexity index is 806. The zero-order chi connectivity index (χ0) is 19.8. The van der Waals surface area contributed by atoms with Crippen molar-refractivity contribution in [3.8, 4) is 11.5 Å². The van der Waals surface area contributed by atoms with Crippen LogP contribution in [-0.2, 0) is 13.6 Å². The first kappa shape index (κ1) is 23.7. The van der Waals surface area contributed by atoms with Gasteiger partial charge in [0, 0.05) is 19.2 Å². The summed E-state index contributed by atoms with van der Waals surface area (Å²) in [7, 11) is 5.22. The predicted octanol–water partition coefficient (Wildman–Crippen LogP) is 2.74. The minimum absolute atomic E-state index is 0. The Labute approximate surface area is 183 Å². The van der Waals surface area contributed by atoms with Crippen LogP contribution >= 0.6 is 24.0 Å². The van der Waals surface area contributed by atoms with Gasteiger partial charge >= 0.3 is 0 Å². The molecule has 0 aliphatic rings. The SMILES string of the molecule is C=CCNC(=NCc1nnc(C)n1C)NC(C)c1cc(OC)ccc1OC.I. The van der Waals surface area contributed by atoms with E-state index in [4.69, 9.17) is 9.47 Å². The molecule has 0 amide bonds. The molecule has 1 aromatic carbocycles. The molecule has 28 heavy (non-hydrogen) atoms. The van der Waals surface area contributed by atoms with Crippen molar-refractivity contribution in [2.24, 2.45) is 12.0 Å². The number of nitrogens with zero attached hydrogens (tertiary/aromatic N) is 4. The highest BCUT2D eigenvalue weighted by atomic mass is 127. The van der Waals surface area contributed by atoms with Crippen LogP contribution in [0.4, 0.5) is 0 Å². The third kappa shape index (κ3) is 6.11. The average Bonchev–Trinajstić information content (AvgIpc) is 3.01. The lowest BCUT2D eigenvalue weighted by molar-refractivity contribution is 0.394. The molecule has 0 bridgehead atoms. The number of rotatable bonds is 8. The van der Waals surface area contributed by atoms with Crippen molar-refractivity contribution in [1.82, 2.24) is 25.4 Å². The molecule has 0 fully saturated rings. The van der Waals surface area contributed by atoms with Gasteiger partial charge in [0.15, 0.2) is 11.8 Å². The van der Waals surface area contributed by atoms with E-state index in [9.17, 15) is 0 Å².